The number of aryl methyl sites for hydroxylation is 2. The maximum absolute atomic E-state index is 12.0. The number of unbranched alkanes of at least 4 members (excludes halogenated alkanes) is 2. The van der Waals surface area contributed by atoms with Crippen molar-refractivity contribution in [2.45, 2.75) is 33.1 Å². The summed E-state index contributed by atoms with van der Waals surface area (Å²) in [5.41, 5.74) is 2.82. The van der Waals surface area contributed by atoms with Crippen LogP contribution in [0.2, 0.25) is 0 Å². The Morgan fingerprint density at radius 1 is 1.16 bits per heavy atom. The second-order valence-corrected chi connectivity index (χ2v) is 6.54. The summed E-state index contributed by atoms with van der Waals surface area (Å²) >= 11 is 0. The molecule has 1 saturated heterocycles. The largest absolute Gasteiger partial charge is 0.496 e. The van der Waals surface area contributed by atoms with Crippen molar-refractivity contribution in [3.05, 3.63) is 23.3 Å². The van der Waals surface area contributed by atoms with Gasteiger partial charge in [0.1, 0.15) is 5.75 Å². The molecular weight excluding hydrogens is 318 g/mol. The van der Waals surface area contributed by atoms with E-state index in [2.05, 4.69) is 15.5 Å². The number of hydrogen-bond acceptors (Lipinski definition) is 4. The molecule has 0 atom stereocenters. The van der Waals surface area contributed by atoms with Gasteiger partial charge in [-0.25, -0.2) is 4.79 Å². The molecule has 140 valence electrons. The van der Waals surface area contributed by atoms with E-state index in [0.717, 1.165) is 68.3 Å². The summed E-state index contributed by atoms with van der Waals surface area (Å²) in [6.07, 6.45) is 3.29. The Balaban J connectivity index is 1.61. The van der Waals surface area contributed by atoms with Gasteiger partial charge >= 0.3 is 6.03 Å². The van der Waals surface area contributed by atoms with Crippen LogP contribution in [-0.2, 0) is 4.74 Å². The summed E-state index contributed by atoms with van der Waals surface area (Å²) in [4.78, 5) is 14.4. The van der Waals surface area contributed by atoms with Crippen molar-refractivity contribution in [3.63, 3.8) is 0 Å². The number of hydrogen-bond donors (Lipinski definition) is 2. The molecule has 1 aromatic rings. The highest BCUT2D eigenvalue weighted by molar-refractivity contribution is 5.89. The minimum Gasteiger partial charge on any atom is -0.496 e. The van der Waals surface area contributed by atoms with Crippen molar-refractivity contribution in [1.29, 1.82) is 0 Å². The highest BCUT2D eigenvalue weighted by Gasteiger charge is 2.09. The third kappa shape index (κ3) is 6.55. The second kappa shape index (κ2) is 10.3. The van der Waals surface area contributed by atoms with E-state index in [0.29, 0.717) is 6.54 Å². The van der Waals surface area contributed by atoms with Gasteiger partial charge in [0.2, 0.25) is 0 Å². The van der Waals surface area contributed by atoms with E-state index < -0.39 is 0 Å². The lowest BCUT2D eigenvalue weighted by molar-refractivity contribution is 0.0371. The van der Waals surface area contributed by atoms with Crippen LogP contribution in [0.4, 0.5) is 10.5 Å². The quantitative estimate of drug-likeness (QED) is 0.709. The number of carbonyl (C=O) groups is 1. The van der Waals surface area contributed by atoms with Gasteiger partial charge in [0, 0.05) is 25.3 Å². The van der Waals surface area contributed by atoms with Gasteiger partial charge < -0.3 is 20.1 Å². The monoisotopic (exact) mass is 349 g/mol. The highest BCUT2D eigenvalue weighted by atomic mass is 16.5. The van der Waals surface area contributed by atoms with E-state index >= 15 is 0 Å². The predicted molar refractivity (Wildman–Crippen MR) is 101 cm³/mol. The van der Waals surface area contributed by atoms with Crippen LogP contribution in [-0.4, -0.2) is 57.4 Å². The van der Waals surface area contributed by atoms with Crippen LogP contribution in [0.1, 0.15) is 30.4 Å². The van der Waals surface area contributed by atoms with Crippen LogP contribution in [0.3, 0.4) is 0 Å². The summed E-state index contributed by atoms with van der Waals surface area (Å²) < 4.78 is 10.7. The normalized spacial score (nSPS) is 15.0. The van der Waals surface area contributed by atoms with Gasteiger partial charge in [-0.2, -0.15) is 0 Å². The first-order valence-electron chi connectivity index (χ1n) is 9.10. The fourth-order valence-corrected chi connectivity index (χ4v) is 3.18. The number of anilines is 1. The zero-order valence-corrected chi connectivity index (χ0v) is 15.7. The van der Waals surface area contributed by atoms with Crippen LogP contribution in [0.5, 0.6) is 5.75 Å². The molecule has 0 aliphatic carbocycles. The maximum atomic E-state index is 12.0. The molecule has 2 rings (SSSR count). The number of amides is 2. The number of benzene rings is 1. The molecule has 0 unspecified atom stereocenters. The summed E-state index contributed by atoms with van der Waals surface area (Å²) in [5, 5.41) is 5.81. The number of methoxy groups -OCH3 is 1. The average Bonchev–Trinajstić information content (AvgIpc) is 2.58. The van der Waals surface area contributed by atoms with Gasteiger partial charge in [0.25, 0.3) is 0 Å². The zero-order chi connectivity index (χ0) is 18.1. The van der Waals surface area contributed by atoms with Crippen molar-refractivity contribution < 1.29 is 14.3 Å². The summed E-state index contributed by atoms with van der Waals surface area (Å²) in [7, 11) is 1.66. The smallest absolute Gasteiger partial charge is 0.319 e. The first kappa shape index (κ1) is 19.5. The van der Waals surface area contributed by atoms with E-state index in [1.165, 1.54) is 6.42 Å². The molecule has 2 amide bonds. The van der Waals surface area contributed by atoms with Gasteiger partial charge in [-0.1, -0.05) is 6.42 Å². The Morgan fingerprint density at radius 3 is 2.48 bits per heavy atom. The predicted octanol–water partition coefficient (Wildman–Crippen LogP) is 2.94. The van der Waals surface area contributed by atoms with Crippen LogP contribution >= 0.6 is 0 Å². The molecule has 25 heavy (non-hydrogen) atoms. The maximum Gasteiger partial charge on any atom is 0.319 e. The number of morpholine rings is 1. The lowest BCUT2D eigenvalue weighted by Crippen LogP contribution is -2.36. The number of nitrogens with zero attached hydrogens (tertiary/aromatic N) is 1. The van der Waals surface area contributed by atoms with Gasteiger partial charge in [-0.15, -0.1) is 0 Å². The Morgan fingerprint density at radius 2 is 1.84 bits per heavy atom. The molecular formula is C19H31N3O3. The average molecular weight is 349 g/mol. The van der Waals surface area contributed by atoms with Crippen LogP contribution in [0.25, 0.3) is 0 Å². The molecule has 1 fully saturated rings. The first-order valence-corrected chi connectivity index (χ1v) is 9.10. The molecule has 6 heteroatoms. The van der Waals surface area contributed by atoms with Crippen molar-refractivity contribution >= 4 is 11.7 Å². The molecule has 2 N–H and O–H groups in total. The summed E-state index contributed by atoms with van der Waals surface area (Å²) in [5.74, 6) is 0.867. The third-order valence-corrected chi connectivity index (χ3v) is 4.46. The molecule has 1 heterocycles. The third-order valence-electron chi connectivity index (χ3n) is 4.46. The van der Waals surface area contributed by atoms with E-state index in [1.807, 2.05) is 26.0 Å². The Kier molecular flexibility index (Phi) is 8.01. The fourth-order valence-electron chi connectivity index (χ4n) is 3.18. The molecule has 0 bridgehead atoms. The van der Waals surface area contributed by atoms with E-state index in [1.54, 1.807) is 7.11 Å². The van der Waals surface area contributed by atoms with Crippen LogP contribution in [0, 0.1) is 13.8 Å². The van der Waals surface area contributed by atoms with E-state index in [-0.39, 0.29) is 6.03 Å². The molecule has 1 aliphatic rings. The SMILES string of the molecule is COc1c(C)cc(NC(=O)NCCCCCN2CCOCC2)cc1C. The van der Waals surface area contributed by atoms with Gasteiger partial charge in [-0.3, -0.25) is 4.90 Å². The standard InChI is InChI=1S/C19H31N3O3/c1-15-13-17(14-16(2)18(15)24-3)21-19(23)20-7-5-4-6-8-22-9-11-25-12-10-22/h13-14H,4-12H2,1-3H3,(H2,20,21,23). The van der Waals surface area contributed by atoms with Gasteiger partial charge in [0.05, 0.1) is 20.3 Å². The zero-order valence-electron chi connectivity index (χ0n) is 15.7. The molecule has 1 aromatic carbocycles. The van der Waals surface area contributed by atoms with Gasteiger partial charge in [-0.05, 0) is 56.5 Å². The number of nitrogens with one attached hydrogen (secondary N) is 2. The van der Waals surface area contributed by atoms with Crippen LogP contribution in [0.15, 0.2) is 12.1 Å². The number of ether oxygens (including phenoxy) is 2. The lowest BCUT2D eigenvalue weighted by atomic mass is 10.1. The second-order valence-electron chi connectivity index (χ2n) is 6.54. The van der Waals surface area contributed by atoms with Crippen LogP contribution < -0.4 is 15.4 Å². The van der Waals surface area contributed by atoms with Crippen molar-refractivity contribution in [2.24, 2.45) is 0 Å². The molecule has 6 nitrogen and oxygen atoms in total. The Hall–Kier alpha value is -1.79. The lowest BCUT2D eigenvalue weighted by Gasteiger charge is -2.26. The van der Waals surface area contributed by atoms with E-state index in [9.17, 15) is 4.79 Å². The summed E-state index contributed by atoms with van der Waals surface area (Å²) in [6, 6.07) is 3.69. The fraction of sp³-hybridized carbons (Fsp3) is 0.632. The van der Waals surface area contributed by atoms with Crippen molar-refractivity contribution in [1.82, 2.24) is 10.2 Å². The minimum atomic E-state index is -0.155. The van der Waals surface area contributed by atoms with E-state index in [4.69, 9.17) is 9.47 Å². The Labute approximate surface area is 150 Å². The Bertz CT molecular complexity index is 534. The molecule has 1 aliphatic heterocycles. The summed E-state index contributed by atoms with van der Waals surface area (Å²) in [6.45, 7) is 9.57. The molecule has 0 saturated carbocycles. The number of carbonyl (C=O) groups excluding carboxylic acids is 1. The molecule has 0 aromatic heterocycles. The molecule has 0 radical (unpaired) electrons. The van der Waals surface area contributed by atoms with Crippen molar-refractivity contribution in [3.8, 4) is 5.75 Å². The van der Waals surface area contributed by atoms with Crippen molar-refractivity contribution in [2.75, 3.05) is 51.8 Å². The molecule has 0 spiro atoms. The highest BCUT2D eigenvalue weighted by Crippen LogP contribution is 2.26. The number of urea groups is 1. The van der Waals surface area contributed by atoms with Gasteiger partial charge in [0.15, 0.2) is 0 Å². The first-order chi connectivity index (χ1) is 12.1. The minimum absolute atomic E-state index is 0.155. The number of rotatable bonds is 8. The topological polar surface area (TPSA) is 62.8 Å².